The Morgan fingerprint density at radius 2 is 2.20 bits per heavy atom. The number of hydrogen-bond donors (Lipinski definition) is 3. The van der Waals surface area contributed by atoms with Crippen molar-refractivity contribution in [2.45, 2.75) is 17.6 Å². The van der Waals surface area contributed by atoms with Crippen LogP contribution < -0.4 is 5.73 Å². The van der Waals surface area contributed by atoms with E-state index in [4.69, 9.17) is 12.2 Å². The van der Waals surface area contributed by atoms with Crippen molar-refractivity contribution < 1.29 is 10.2 Å². The van der Waals surface area contributed by atoms with Crippen molar-refractivity contribution in [1.29, 1.82) is 0 Å². The normalized spacial score (nSPS) is 26.1. The molecule has 1 unspecified atom stereocenters. The Bertz CT molecular complexity index is 749. The third-order valence-electron chi connectivity index (χ3n) is 3.29. The number of aliphatic hydroxyl groups excluding tert-OH is 2. The minimum atomic E-state index is -0.982. The summed E-state index contributed by atoms with van der Waals surface area (Å²) in [6, 6.07) is 0. The van der Waals surface area contributed by atoms with Crippen molar-refractivity contribution in [1.82, 2.24) is 14.5 Å². The fourth-order valence-corrected chi connectivity index (χ4v) is 3.43. The van der Waals surface area contributed by atoms with Gasteiger partial charge in [0, 0.05) is 11.1 Å². The molecule has 0 aromatic carbocycles. The van der Waals surface area contributed by atoms with Crippen LogP contribution >= 0.6 is 11.8 Å². The lowest BCUT2D eigenvalue weighted by Crippen LogP contribution is -2.27. The summed E-state index contributed by atoms with van der Waals surface area (Å²) < 4.78 is 1.71. The maximum Gasteiger partial charge on any atom is 0.147 e. The SMILES string of the molecule is C#Cc1cn([C@@H]2SC(=C)C(O)[C@@H]2O)c2ncnc(N)c12. The number of rotatable bonds is 1. The van der Waals surface area contributed by atoms with E-state index in [2.05, 4.69) is 22.5 Å². The lowest BCUT2D eigenvalue weighted by molar-refractivity contribution is 0.0415. The van der Waals surface area contributed by atoms with Crippen LogP contribution in [-0.2, 0) is 0 Å². The number of thioether (sulfide) groups is 1. The molecule has 1 fully saturated rings. The quantitative estimate of drug-likeness (QED) is 0.660. The summed E-state index contributed by atoms with van der Waals surface area (Å²) in [5.74, 6) is 2.83. The molecule has 0 spiro atoms. The van der Waals surface area contributed by atoms with E-state index in [1.165, 1.54) is 18.1 Å². The highest BCUT2D eigenvalue weighted by Gasteiger charge is 2.39. The van der Waals surface area contributed by atoms with Gasteiger partial charge in [0.2, 0.25) is 0 Å². The molecule has 1 aliphatic rings. The predicted octanol–water partition coefficient (Wildman–Crippen LogP) is 0.476. The average molecular weight is 288 g/mol. The summed E-state index contributed by atoms with van der Waals surface area (Å²) in [6.07, 6.45) is 6.54. The lowest BCUT2D eigenvalue weighted by atomic mass is 10.2. The number of nitrogens with zero attached hydrogens (tertiary/aromatic N) is 3. The summed E-state index contributed by atoms with van der Waals surface area (Å²) in [5, 5.41) is 20.1. The molecule has 0 radical (unpaired) electrons. The Balaban J connectivity index is 2.21. The minimum absolute atomic E-state index is 0.290. The van der Waals surface area contributed by atoms with E-state index in [1.807, 2.05) is 0 Å². The molecule has 1 aliphatic heterocycles. The van der Waals surface area contributed by atoms with Gasteiger partial charge in [-0.05, 0) is 0 Å². The molecule has 7 heteroatoms. The van der Waals surface area contributed by atoms with E-state index in [0.717, 1.165) is 0 Å². The molecular formula is C13H12N4O2S. The largest absolute Gasteiger partial charge is 0.387 e. The van der Waals surface area contributed by atoms with Crippen LogP contribution in [0.5, 0.6) is 0 Å². The first-order valence-corrected chi connectivity index (χ1v) is 6.71. The van der Waals surface area contributed by atoms with E-state index >= 15 is 0 Å². The molecule has 1 saturated heterocycles. The highest BCUT2D eigenvalue weighted by Crippen LogP contribution is 2.45. The molecule has 0 amide bonds. The van der Waals surface area contributed by atoms with Crippen LogP contribution in [0.4, 0.5) is 5.82 Å². The first-order chi connectivity index (χ1) is 9.54. The van der Waals surface area contributed by atoms with Crippen LogP contribution in [0.1, 0.15) is 10.9 Å². The Morgan fingerprint density at radius 1 is 1.45 bits per heavy atom. The molecule has 2 aromatic heterocycles. The lowest BCUT2D eigenvalue weighted by Gasteiger charge is -2.17. The highest BCUT2D eigenvalue weighted by atomic mass is 32.2. The minimum Gasteiger partial charge on any atom is -0.387 e. The van der Waals surface area contributed by atoms with Gasteiger partial charge in [0.1, 0.15) is 35.4 Å². The Labute approximate surface area is 119 Å². The predicted molar refractivity (Wildman–Crippen MR) is 77.7 cm³/mol. The van der Waals surface area contributed by atoms with Crippen molar-refractivity contribution in [3.8, 4) is 12.3 Å². The molecule has 0 bridgehead atoms. The second-order valence-electron chi connectivity index (χ2n) is 4.46. The van der Waals surface area contributed by atoms with Gasteiger partial charge in [-0.15, -0.1) is 18.2 Å². The van der Waals surface area contributed by atoms with Gasteiger partial charge in [-0.2, -0.15) is 0 Å². The number of anilines is 1. The smallest absolute Gasteiger partial charge is 0.147 e. The van der Waals surface area contributed by atoms with E-state index in [-0.39, 0.29) is 0 Å². The number of nitrogens with two attached hydrogens (primary N) is 1. The van der Waals surface area contributed by atoms with Gasteiger partial charge in [0.05, 0.1) is 10.9 Å². The molecule has 0 aliphatic carbocycles. The zero-order valence-corrected chi connectivity index (χ0v) is 11.2. The van der Waals surface area contributed by atoms with Crippen molar-refractivity contribution in [3.63, 3.8) is 0 Å². The summed E-state index contributed by atoms with van der Waals surface area (Å²) >= 11 is 1.28. The van der Waals surface area contributed by atoms with Crippen LogP contribution in [0, 0.1) is 12.3 Å². The molecule has 4 N–H and O–H groups in total. The monoisotopic (exact) mass is 288 g/mol. The molecule has 102 valence electrons. The summed E-state index contributed by atoms with van der Waals surface area (Å²) in [4.78, 5) is 8.61. The Hall–Kier alpha value is -2.01. The number of fused-ring (bicyclic) bond motifs is 1. The summed E-state index contributed by atoms with van der Waals surface area (Å²) in [7, 11) is 0. The topological polar surface area (TPSA) is 97.2 Å². The average Bonchev–Trinajstić information content (AvgIpc) is 2.93. The zero-order valence-electron chi connectivity index (χ0n) is 10.4. The van der Waals surface area contributed by atoms with Gasteiger partial charge in [-0.25, -0.2) is 9.97 Å². The first-order valence-electron chi connectivity index (χ1n) is 5.83. The maximum absolute atomic E-state index is 10.1. The molecule has 0 saturated carbocycles. The summed E-state index contributed by atoms with van der Waals surface area (Å²) in [6.45, 7) is 3.73. The van der Waals surface area contributed by atoms with Gasteiger partial charge in [-0.1, -0.05) is 12.5 Å². The van der Waals surface area contributed by atoms with E-state index in [0.29, 0.717) is 27.3 Å². The second-order valence-corrected chi connectivity index (χ2v) is 5.71. The van der Waals surface area contributed by atoms with Crippen LogP contribution in [0.2, 0.25) is 0 Å². The van der Waals surface area contributed by atoms with Crippen LogP contribution in [-0.4, -0.2) is 37.0 Å². The molecule has 3 rings (SSSR count). The van der Waals surface area contributed by atoms with Gasteiger partial charge in [0.25, 0.3) is 0 Å². The molecule has 3 heterocycles. The fraction of sp³-hybridized carbons (Fsp3) is 0.231. The van der Waals surface area contributed by atoms with Crippen LogP contribution in [0.15, 0.2) is 24.0 Å². The maximum atomic E-state index is 10.1. The molecule has 3 atom stereocenters. The van der Waals surface area contributed by atoms with E-state index in [9.17, 15) is 10.2 Å². The van der Waals surface area contributed by atoms with E-state index in [1.54, 1.807) is 10.8 Å². The number of aliphatic hydroxyl groups is 2. The number of nitrogen functional groups attached to an aromatic ring is 1. The van der Waals surface area contributed by atoms with Gasteiger partial charge in [0.15, 0.2) is 0 Å². The van der Waals surface area contributed by atoms with Crippen molar-refractivity contribution in [3.05, 3.63) is 29.6 Å². The second kappa shape index (κ2) is 4.52. The molecule has 2 aromatic rings. The number of terminal acetylenes is 1. The first kappa shape index (κ1) is 13.0. The molecule has 20 heavy (non-hydrogen) atoms. The zero-order chi connectivity index (χ0) is 14.4. The van der Waals surface area contributed by atoms with Crippen LogP contribution in [0.25, 0.3) is 11.0 Å². The van der Waals surface area contributed by atoms with Gasteiger partial charge in [-0.3, -0.25) is 0 Å². The number of aromatic nitrogens is 3. The van der Waals surface area contributed by atoms with Gasteiger partial charge >= 0.3 is 0 Å². The molecule has 6 nitrogen and oxygen atoms in total. The van der Waals surface area contributed by atoms with E-state index < -0.39 is 17.6 Å². The summed E-state index contributed by atoms with van der Waals surface area (Å²) in [5.41, 5.74) is 6.92. The van der Waals surface area contributed by atoms with Crippen molar-refractivity contribution in [2.75, 3.05) is 5.73 Å². The fourth-order valence-electron chi connectivity index (χ4n) is 2.27. The Kier molecular flexibility index (Phi) is 2.94. The number of hydrogen-bond acceptors (Lipinski definition) is 6. The van der Waals surface area contributed by atoms with Crippen molar-refractivity contribution in [2.24, 2.45) is 0 Å². The van der Waals surface area contributed by atoms with Gasteiger partial charge < -0.3 is 20.5 Å². The van der Waals surface area contributed by atoms with Crippen molar-refractivity contribution >= 4 is 28.6 Å². The molecular weight excluding hydrogens is 276 g/mol. The Morgan fingerprint density at radius 3 is 2.80 bits per heavy atom. The standard InChI is InChI=1S/C13H12N4O2S/c1-3-7-4-17(12-8(7)11(14)15-5-16-12)13-10(19)9(18)6(2)20-13/h1,4-5,9-10,13,18-19H,2H2,(H2,14,15,16)/t9?,10-,13+/m0/s1. The third kappa shape index (κ3) is 1.70. The third-order valence-corrected chi connectivity index (χ3v) is 4.58. The highest BCUT2D eigenvalue weighted by molar-refractivity contribution is 8.03. The van der Waals surface area contributed by atoms with Crippen LogP contribution in [0.3, 0.4) is 0 Å².